The van der Waals surface area contributed by atoms with Gasteiger partial charge in [-0.05, 0) is 23.8 Å². The minimum absolute atomic E-state index is 0.219. The molecular weight excluding hydrogens is 296 g/mol. The third-order valence-electron chi connectivity index (χ3n) is 3.57. The number of carbonyl (C=O) groups is 1. The standard InChI is InChI=1S/C17H14N2O4/c1-2-23-17(20)16-13(9-10-19(21)22)15-12-6-4-3-5-11(12)7-8-14(15)18-16/h3-10,18H,2H2,1H3. The van der Waals surface area contributed by atoms with Gasteiger partial charge in [-0.15, -0.1) is 0 Å². The smallest absolute Gasteiger partial charge is 0.355 e. The van der Waals surface area contributed by atoms with Crippen LogP contribution in [0.5, 0.6) is 0 Å². The van der Waals surface area contributed by atoms with Gasteiger partial charge in [-0.2, -0.15) is 0 Å². The molecule has 0 atom stereocenters. The van der Waals surface area contributed by atoms with E-state index in [1.807, 2.05) is 36.4 Å². The van der Waals surface area contributed by atoms with E-state index in [1.165, 1.54) is 6.08 Å². The highest BCUT2D eigenvalue weighted by molar-refractivity contribution is 6.14. The normalized spacial score (nSPS) is 11.3. The van der Waals surface area contributed by atoms with Gasteiger partial charge in [0.1, 0.15) is 5.69 Å². The number of hydrogen-bond acceptors (Lipinski definition) is 4. The monoisotopic (exact) mass is 310 g/mol. The minimum atomic E-state index is -0.557. The Bertz CT molecular complexity index is 940. The molecule has 3 aromatic rings. The highest BCUT2D eigenvalue weighted by atomic mass is 16.6. The van der Waals surface area contributed by atoms with Crippen LogP contribution in [0.3, 0.4) is 0 Å². The fraction of sp³-hybridized carbons (Fsp3) is 0.118. The number of fused-ring (bicyclic) bond motifs is 3. The molecule has 2 aromatic carbocycles. The lowest BCUT2D eigenvalue weighted by atomic mass is 10.0. The Kier molecular flexibility index (Phi) is 3.80. The van der Waals surface area contributed by atoms with Crippen LogP contribution in [0.1, 0.15) is 23.0 Å². The third-order valence-corrected chi connectivity index (χ3v) is 3.57. The number of H-pyrrole nitrogens is 1. The summed E-state index contributed by atoms with van der Waals surface area (Å²) in [6.07, 6.45) is 2.16. The molecule has 23 heavy (non-hydrogen) atoms. The number of aromatic nitrogens is 1. The van der Waals surface area contributed by atoms with E-state index < -0.39 is 10.9 Å². The molecule has 0 spiro atoms. The van der Waals surface area contributed by atoms with E-state index in [9.17, 15) is 14.9 Å². The van der Waals surface area contributed by atoms with Crippen molar-refractivity contribution in [2.45, 2.75) is 6.92 Å². The zero-order valence-corrected chi connectivity index (χ0v) is 12.4. The molecule has 1 aromatic heterocycles. The van der Waals surface area contributed by atoms with Crippen molar-refractivity contribution in [3.8, 4) is 0 Å². The summed E-state index contributed by atoms with van der Waals surface area (Å²) >= 11 is 0. The number of aromatic amines is 1. The molecule has 0 aliphatic heterocycles. The molecule has 6 heteroatoms. The Labute approximate surface area is 131 Å². The predicted octanol–water partition coefficient (Wildman–Crippen LogP) is 3.75. The molecule has 1 heterocycles. The SMILES string of the molecule is CCOC(=O)c1[nH]c2ccc3ccccc3c2c1C=C[N+](=O)[O-]. The summed E-state index contributed by atoms with van der Waals surface area (Å²) in [6.45, 7) is 1.94. The number of nitrogens with zero attached hydrogens (tertiary/aromatic N) is 1. The van der Waals surface area contributed by atoms with Gasteiger partial charge in [0.25, 0.3) is 0 Å². The highest BCUT2D eigenvalue weighted by Gasteiger charge is 2.19. The fourth-order valence-corrected chi connectivity index (χ4v) is 2.66. The van der Waals surface area contributed by atoms with Gasteiger partial charge in [0.15, 0.2) is 0 Å². The minimum Gasteiger partial charge on any atom is -0.461 e. The Morgan fingerprint density at radius 1 is 1.30 bits per heavy atom. The summed E-state index contributed by atoms with van der Waals surface area (Å²) < 4.78 is 5.04. The maximum atomic E-state index is 12.2. The first-order valence-corrected chi connectivity index (χ1v) is 7.14. The third kappa shape index (κ3) is 2.66. The van der Waals surface area contributed by atoms with Crippen LogP contribution in [-0.4, -0.2) is 22.5 Å². The second-order valence-corrected chi connectivity index (χ2v) is 4.94. The maximum absolute atomic E-state index is 12.2. The molecule has 0 saturated carbocycles. The Morgan fingerprint density at radius 2 is 2.09 bits per heavy atom. The summed E-state index contributed by atoms with van der Waals surface area (Å²) in [5, 5.41) is 13.4. The summed E-state index contributed by atoms with van der Waals surface area (Å²) in [7, 11) is 0. The van der Waals surface area contributed by atoms with Crippen molar-refractivity contribution in [1.29, 1.82) is 0 Å². The molecular formula is C17H14N2O4. The van der Waals surface area contributed by atoms with E-state index in [0.717, 1.165) is 27.9 Å². The molecule has 1 N–H and O–H groups in total. The van der Waals surface area contributed by atoms with Crippen LogP contribution in [0.15, 0.2) is 42.6 Å². The zero-order chi connectivity index (χ0) is 16.4. The molecule has 3 rings (SSSR count). The summed E-state index contributed by atoms with van der Waals surface area (Å²) in [6, 6.07) is 11.5. The molecule has 0 unspecified atom stereocenters. The van der Waals surface area contributed by atoms with Gasteiger partial charge in [-0.25, -0.2) is 4.79 Å². The van der Waals surface area contributed by atoms with Crippen molar-refractivity contribution in [3.05, 3.63) is 64.0 Å². The first-order chi connectivity index (χ1) is 11.1. The number of esters is 1. The van der Waals surface area contributed by atoms with E-state index in [2.05, 4.69) is 4.98 Å². The van der Waals surface area contributed by atoms with Gasteiger partial charge in [0.2, 0.25) is 6.20 Å². The number of benzene rings is 2. The van der Waals surface area contributed by atoms with Gasteiger partial charge in [0.05, 0.1) is 11.5 Å². The molecule has 0 aliphatic carbocycles. The van der Waals surface area contributed by atoms with E-state index in [0.29, 0.717) is 5.56 Å². The molecule has 0 radical (unpaired) electrons. The van der Waals surface area contributed by atoms with E-state index >= 15 is 0 Å². The van der Waals surface area contributed by atoms with Crippen LogP contribution in [0, 0.1) is 10.1 Å². The zero-order valence-electron chi connectivity index (χ0n) is 12.4. The maximum Gasteiger partial charge on any atom is 0.355 e. The first-order valence-electron chi connectivity index (χ1n) is 7.14. The van der Waals surface area contributed by atoms with Gasteiger partial charge in [-0.3, -0.25) is 10.1 Å². The highest BCUT2D eigenvalue weighted by Crippen LogP contribution is 2.31. The summed E-state index contributed by atoms with van der Waals surface area (Å²) in [4.78, 5) is 25.3. The lowest BCUT2D eigenvalue weighted by molar-refractivity contribution is -0.400. The molecule has 116 valence electrons. The second-order valence-electron chi connectivity index (χ2n) is 4.94. The lowest BCUT2D eigenvalue weighted by Crippen LogP contribution is -2.06. The van der Waals surface area contributed by atoms with Crippen molar-refractivity contribution in [3.63, 3.8) is 0 Å². The first kappa shape index (κ1) is 14.8. The number of nitrogens with one attached hydrogen (secondary N) is 1. The van der Waals surface area contributed by atoms with Crippen molar-refractivity contribution in [2.75, 3.05) is 6.61 Å². The van der Waals surface area contributed by atoms with Gasteiger partial charge >= 0.3 is 5.97 Å². The largest absolute Gasteiger partial charge is 0.461 e. The Morgan fingerprint density at radius 3 is 2.83 bits per heavy atom. The van der Waals surface area contributed by atoms with Crippen molar-refractivity contribution >= 4 is 33.7 Å². The van der Waals surface area contributed by atoms with Crippen LogP contribution < -0.4 is 0 Å². The summed E-state index contributed by atoms with van der Waals surface area (Å²) in [5.41, 5.74) is 1.41. The molecule has 6 nitrogen and oxygen atoms in total. The van der Waals surface area contributed by atoms with Crippen molar-refractivity contribution < 1.29 is 14.5 Å². The van der Waals surface area contributed by atoms with Crippen molar-refractivity contribution in [2.24, 2.45) is 0 Å². The predicted molar refractivity (Wildman–Crippen MR) is 87.8 cm³/mol. The molecule has 0 fully saturated rings. The van der Waals surface area contributed by atoms with Gasteiger partial charge in [-0.1, -0.05) is 30.3 Å². The number of hydrogen-bond donors (Lipinski definition) is 1. The van der Waals surface area contributed by atoms with E-state index in [-0.39, 0.29) is 12.3 Å². The topological polar surface area (TPSA) is 85.2 Å². The average molecular weight is 310 g/mol. The lowest BCUT2D eigenvalue weighted by Gasteiger charge is -2.02. The van der Waals surface area contributed by atoms with Crippen LogP contribution in [0.4, 0.5) is 0 Å². The van der Waals surface area contributed by atoms with E-state index in [4.69, 9.17) is 4.74 Å². The summed E-state index contributed by atoms with van der Waals surface area (Å²) in [5.74, 6) is -0.532. The second kappa shape index (κ2) is 5.92. The number of carbonyl (C=O) groups excluding carboxylic acids is 1. The Balaban J connectivity index is 2.35. The molecule has 0 amide bonds. The van der Waals surface area contributed by atoms with Gasteiger partial charge < -0.3 is 9.72 Å². The van der Waals surface area contributed by atoms with Crippen LogP contribution in [-0.2, 0) is 4.74 Å². The van der Waals surface area contributed by atoms with Crippen LogP contribution in [0.25, 0.3) is 27.8 Å². The fourth-order valence-electron chi connectivity index (χ4n) is 2.66. The molecule has 0 saturated heterocycles. The average Bonchev–Trinajstić information content (AvgIpc) is 2.92. The number of nitro groups is 1. The quantitative estimate of drug-likeness (QED) is 0.452. The molecule has 0 bridgehead atoms. The van der Waals surface area contributed by atoms with Crippen molar-refractivity contribution in [1.82, 2.24) is 4.98 Å². The Hall–Kier alpha value is -3.15. The van der Waals surface area contributed by atoms with Gasteiger partial charge in [0, 0.05) is 22.5 Å². The number of rotatable bonds is 4. The van der Waals surface area contributed by atoms with Crippen LogP contribution in [0.2, 0.25) is 0 Å². The van der Waals surface area contributed by atoms with Crippen LogP contribution >= 0.6 is 0 Å². The number of ether oxygens (including phenoxy) is 1. The molecule has 0 aliphatic rings. The van der Waals surface area contributed by atoms with E-state index in [1.54, 1.807) is 6.92 Å².